The summed E-state index contributed by atoms with van der Waals surface area (Å²) in [5, 5.41) is 13.0. The molecule has 2 N–H and O–H groups in total. The molecule has 1 aliphatic carbocycles. The van der Waals surface area contributed by atoms with E-state index in [2.05, 4.69) is 162 Å². The molecule has 7 heteroatoms. The number of H-pyrrole nitrogens is 2. The molecule has 0 unspecified atom stereocenters. The molecule has 3 aromatic heterocycles. The first-order valence-corrected chi connectivity index (χ1v) is 18.7. The van der Waals surface area contributed by atoms with E-state index >= 15 is 0 Å². The van der Waals surface area contributed by atoms with Gasteiger partial charge in [-0.15, -0.1) is 0 Å². The van der Waals surface area contributed by atoms with Crippen LogP contribution in [0.1, 0.15) is 0 Å². The van der Waals surface area contributed by atoms with Gasteiger partial charge in [-0.1, -0.05) is 97.1 Å². The van der Waals surface area contributed by atoms with Crippen LogP contribution in [-0.4, -0.2) is 34.9 Å². The molecule has 13 rings (SSSR count). The van der Waals surface area contributed by atoms with Crippen LogP contribution in [0, 0.1) is 0 Å². The van der Waals surface area contributed by atoms with Crippen LogP contribution in [0.2, 0.25) is 0 Å². The van der Waals surface area contributed by atoms with Crippen molar-refractivity contribution in [3.63, 3.8) is 0 Å². The highest BCUT2D eigenvalue weighted by molar-refractivity contribution is 6.13. The van der Waals surface area contributed by atoms with Crippen LogP contribution in [-0.2, 0) is 0 Å². The lowest BCUT2D eigenvalue weighted by Crippen LogP contribution is -1.84. The maximum atomic E-state index is 5.42. The number of hydrogen-bond acceptors (Lipinski definition) is 5. The third-order valence-corrected chi connectivity index (χ3v) is 11.5. The lowest BCUT2D eigenvalue weighted by atomic mass is 10.0. The van der Waals surface area contributed by atoms with Crippen molar-refractivity contribution in [1.82, 2.24) is 34.9 Å². The molecule has 258 valence electrons. The quantitative estimate of drug-likeness (QED) is 0.163. The van der Waals surface area contributed by atoms with E-state index in [0.29, 0.717) is 22.9 Å². The first-order valence-electron chi connectivity index (χ1n) is 18.7. The van der Waals surface area contributed by atoms with E-state index in [1.165, 1.54) is 0 Å². The Morgan fingerprint density at radius 1 is 0.268 bits per heavy atom. The van der Waals surface area contributed by atoms with Crippen LogP contribution < -0.4 is 0 Å². The average molecular weight is 714 g/mol. The van der Waals surface area contributed by atoms with Crippen LogP contribution in [0.15, 0.2) is 152 Å². The van der Waals surface area contributed by atoms with E-state index in [9.17, 15) is 0 Å². The second-order valence-electron chi connectivity index (χ2n) is 14.7. The van der Waals surface area contributed by atoms with Gasteiger partial charge in [-0.2, -0.15) is 0 Å². The Labute approximate surface area is 318 Å². The number of rotatable bonds is 0. The van der Waals surface area contributed by atoms with Gasteiger partial charge in [0.25, 0.3) is 0 Å². The molecule has 7 nitrogen and oxygen atoms in total. The molecule has 2 aliphatic rings. The molecule has 0 atom stereocenters. The Hall–Kier alpha value is -7.77. The van der Waals surface area contributed by atoms with Crippen molar-refractivity contribution in [2.75, 3.05) is 0 Å². The van der Waals surface area contributed by atoms with E-state index in [1.807, 2.05) is 0 Å². The van der Waals surface area contributed by atoms with Crippen molar-refractivity contribution in [3.05, 3.63) is 152 Å². The number of nitrogens with zero attached hydrogens (tertiary/aromatic N) is 5. The highest BCUT2D eigenvalue weighted by Gasteiger charge is 2.23. The summed E-state index contributed by atoms with van der Waals surface area (Å²) in [4.78, 5) is 34.0. The summed E-state index contributed by atoms with van der Waals surface area (Å²) in [7, 11) is 0. The number of aromatic nitrogens is 7. The van der Waals surface area contributed by atoms with Gasteiger partial charge in [0.1, 0.15) is 22.6 Å². The van der Waals surface area contributed by atoms with Crippen LogP contribution in [0.25, 0.3) is 133 Å². The van der Waals surface area contributed by atoms with Gasteiger partial charge in [0.15, 0.2) is 11.6 Å². The molecule has 8 aromatic carbocycles. The van der Waals surface area contributed by atoms with Gasteiger partial charge in [-0.05, 0) is 97.7 Å². The van der Waals surface area contributed by atoms with Gasteiger partial charge in [-0.25, -0.2) is 24.9 Å². The first kappa shape index (κ1) is 29.7. The number of fused-ring (bicyclic) bond motifs is 24. The number of benzene rings is 8. The van der Waals surface area contributed by atoms with Gasteiger partial charge in [0.05, 0.1) is 11.4 Å². The Balaban J connectivity index is 1.24. The summed E-state index contributed by atoms with van der Waals surface area (Å²) < 4.78 is 0. The summed E-state index contributed by atoms with van der Waals surface area (Å²) in [6.45, 7) is 0. The van der Waals surface area contributed by atoms with Crippen molar-refractivity contribution >= 4 is 87.2 Å². The van der Waals surface area contributed by atoms with Crippen molar-refractivity contribution < 1.29 is 0 Å². The van der Waals surface area contributed by atoms with Crippen LogP contribution >= 0.6 is 0 Å². The SMILES string of the molecule is c1ccc2cc3c(cc2c1)-c1cc-3nc2[nH]c(nc3nc(nc4[nH]c(n1)c1cc5ccccc5cc41)-c1cc4ccccc4cc1-3)c1cc3ccccc3cc21. The average Bonchev–Trinajstić information content (AvgIpc) is 3.95. The van der Waals surface area contributed by atoms with Crippen LogP contribution in [0.3, 0.4) is 0 Å². The van der Waals surface area contributed by atoms with Gasteiger partial charge < -0.3 is 9.97 Å². The third kappa shape index (κ3) is 4.30. The minimum atomic E-state index is 0.596. The normalized spacial score (nSPS) is 12.3. The van der Waals surface area contributed by atoms with Crippen molar-refractivity contribution in [2.24, 2.45) is 0 Å². The molecule has 0 radical (unpaired) electrons. The molecule has 1 aliphatic heterocycles. The van der Waals surface area contributed by atoms with Crippen molar-refractivity contribution in [2.45, 2.75) is 0 Å². The fourth-order valence-electron chi connectivity index (χ4n) is 8.70. The maximum absolute atomic E-state index is 5.42. The van der Waals surface area contributed by atoms with Gasteiger partial charge >= 0.3 is 0 Å². The summed E-state index contributed by atoms with van der Waals surface area (Å²) >= 11 is 0. The van der Waals surface area contributed by atoms with Gasteiger partial charge in [0.2, 0.25) is 0 Å². The third-order valence-electron chi connectivity index (χ3n) is 11.5. The topological polar surface area (TPSA) is 96.0 Å². The second-order valence-corrected chi connectivity index (χ2v) is 14.7. The molecule has 0 amide bonds. The monoisotopic (exact) mass is 713 g/mol. The molecule has 11 aromatic rings. The van der Waals surface area contributed by atoms with E-state index in [-0.39, 0.29) is 0 Å². The Morgan fingerprint density at radius 2 is 0.554 bits per heavy atom. The van der Waals surface area contributed by atoms with Crippen LogP contribution in [0.5, 0.6) is 0 Å². The fraction of sp³-hybridized carbons (Fsp3) is 0. The predicted molar refractivity (Wildman–Crippen MR) is 228 cm³/mol. The molecule has 0 saturated carbocycles. The second kappa shape index (κ2) is 10.9. The highest BCUT2D eigenvalue weighted by Crippen LogP contribution is 2.42. The number of hydrogen-bond donors (Lipinski definition) is 2. The molecular formula is C49H27N7. The lowest BCUT2D eigenvalue weighted by Gasteiger charge is -2.04. The Bertz CT molecular complexity index is 3250. The standard InChI is InChI=1S/C49H27N7/c1-2-10-27-18-35-34(17-26(27)9-1)42-25-43(35)51-45-37-20-29-12-4-6-14-31(29)22-39(37)47(53-45)55-49-41-24-33-16-8-7-15-32(33)23-40(41)48(56-49)54-46-38-21-30-13-5-3-11-28(30)19-36(38)44(50-42)52-46/h1-25H,(H2,50,51,52,53,54,55,56). The number of aromatic amines is 2. The maximum Gasteiger partial charge on any atom is 0.164 e. The largest absolute Gasteiger partial charge is 0.324 e. The zero-order chi connectivity index (χ0) is 36.5. The minimum absolute atomic E-state index is 0.596. The van der Waals surface area contributed by atoms with Crippen LogP contribution in [0.4, 0.5) is 0 Å². The van der Waals surface area contributed by atoms with Crippen molar-refractivity contribution in [1.29, 1.82) is 0 Å². The zero-order valence-corrected chi connectivity index (χ0v) is 29.7. The molecule has 0 fully saturated rings. The Morgan fingerprint density at radius 3 is 0.893 bits per heavy atom. The number of nitrogens with one attached hydrogen (secondary N) is 2. The van der Waals surface area contributed by atoms with Gasteiger partial charge in [-0.3, -0.25) is 0 Å². The lowest BCUT2D eigenvalue weighted by molar-refractivity contribution is 1.21. The summed E-state index contributed by atoms with van der Waals surface area (Å²) in [5.41, 5.74) is 8.42. The van der Waals surface area contributed by atoms with E-state index in [4.69, 9.17) is 24.9 Å². The van der Waals surface area contributed by atoms with E-state index in [1.54, 1.807) is 0 Å². The molecule has 0 spiro atoms. The molecule has 4 heterocycles. The van der Waals surface area contributed by atoms with Gasteiger partial charge in [0, 0.05) is 43.8 Å². The minimum Gasteiger partial charge on any atom is -0.324 e. The van der Waals surface area contributed by atoms with E-state index in [0.717, 1.165) is 110 Å². The Kier molecular flexibility index (Phi) is 5.77. The molecule has 56 heavy (non-hydrogen) atoms. The highest BCUT2D eigenvalue weighted by atomic mass is 15.0. The smallest absolute Gasteiger partial charge is 0.164 e. The molecule has 0 saturated heterocycles. The van der Waals surface area contributed by atoms with E-state index < -0.39 is 0 Å². The molecule has 8 bridgehead atoms. The summed E-state index contributed by atoms with van der Waals surface area (Å²) in [6, 6.07) is 53.4. The first-order chi connectivity index (χ1) is 27.7. The predicted octanol–water partition coefficient (Wildman–Crippen LogP) is 12.1. The summed E-state index contributed by atoms with van der Waals surface area (Å²) in [6.07, 6.45) is 0. The zero-order valence-electron chi connectivity index (χ0n) is 29.7. The fourth-order valence-corrected chi connectivity index (χ4v) is 8.70. The van der Waals surface area contributed by atoms with Crippen molar-refractivity contribution in [3.8, 4) is 45.3 Å². The molecular weight excluding hydrogens is 687 g/mol. The summed E-state index contributed by atoms with van der Waals surface area (Å²) in [5.74, 6) is 1.19.